The first kappa shape index (κ1) is 21.5. The van der Waals surface area contributed by atoms with Gasteiger partial charge >= 0.3 is 0 Å². The van der Waals surface area contributed by atoms with Crippen molar-refractivity contribution in [1.29, 1.82) is 0 Å². The van der Waals surface area contributed by atoms with Crippen molar-refractivity contribution in [1.82, 2.24) is 9.55 Å². The molecule has 1 aromatic heterocycles. The number of benzene rings is 2. The van der Waals surface area contributed by atoms with Crippen LogP contribution in [0.3, 0.4) is 0 Å². The fourth-order valence-corrected chi connectivity index (χ4v) is 5.09. The van der Waals surface area contributed by atoms with Crippen LogP contribution in [0.15, 0.2) is 41.2 Å². The monoisotopic (exact) mass is 467 g/mol. The normalized spacial score (nSPS) is 18.7. The van der Waals surface area contributed by atoms with Crippen LogP contribution in [0, 0.1) is 4.77 Å². The Bertz CT molecular complexity index is 1320. The van der Waals surface area contributed by atoms with E-state index in [9.17, 15) is 9.90 Å². The lowest BCUT2D eigenvalue weighted by molar-refractivity contribution is -0.908. The second-order valence-electron chi connectivity index (χ2n) is 8.36. The molecule has 0 amide bonds. The number of nitrogens with one attached hydrogen (secondary N) is 2. The van der Waals surface area contributed by atoms with Crippen LogP contribution in [-0.2, 0) is 19.4 Å². The molecule has 0 fully saturated rings. The number of quaternary nitrogens is 1. The minimum Gasteiger partial charge on any atom is -0.859 e. The van der Waals surface area contributed by atoms with E-state index >= 15 is 0 Å². The fourth-order valence-electron chi connectivity index (χ4n) is 4.83. The first-order valence-corrected chi connectivity index (χ1v) is 11.3. The van der Waals surface area contributed by atoms with Crippen LogP contribution >= 0.6 is 12.2 Å². The molecule has 0 spiro atoms. The van der Waals surface area contributed by atoms with Gasteiger partial charge in [0.25, 0.3) is 5.56 Å². The molecule has 2 N–H and O–H groups in total. The third-order valence-electron chi connectivity index (χ3n) is 6.46. The molecule has 5 rings (SSSR count). The van der Waals surface area contributed by atoms with Gasteiger partial charge in [0.05, 0.1) is 31.8 Å². The third-order valence-corrected chi connectivity index (χ3v) is 6.78. The second kappa shape index (κ2) is 8.57. The van der Waals surface area contributed by atoms with Crippen LogP contribution in [0.4, 0.5) is 0 Å². The highest BCUT2D eigenvalue weighted by Crippen LogP contribution is 2.48. The van der Waals surface area contributed by atoms with Gasteiger partial charge in [0.2, 0.25) is 12.5 Å². The average molecular weight is 468 g/mol. The van der Waals surface area contributed by atoms with Crippen molar-refractivity contribution in [3.05, 3.63) is 73.8 Å². The molecule has 3 heterocycles. The third kappa shape index (κ3) is 3.67. The minimum atomic E-state index is -0.520. The van der Waals surface area contributed by atoms with Crippen molar-refractivity contribution in [2.24, 2.45) is 0 Å². The summed E-state index contributed by atoms with van der Waals surface area (Å²) in [4.78, 5) is 16.9. The van der Waals surface area contributed by atoms with Crippen molar-refractivity contribution in [3.63, 3.8) is 0 Å². The predicted molar refractivity (Wildman–Crippen MR) is 122 cm³/mol. The molecule has 2 aliphatic heterocycles. The van der Waals surface area contributed by atoms with E-state index in [0.717, 1.165) is 34.6 Å². The smallest absolute Gasteiger partial charge is 0.260 e. The molecule has 33 heavy (non-hydrogen) atoms. The number of H-pyrrole nitrogens is 1. The summed E-state index contributed by atoms with van der Waals surface area (Å²) in [5.74, 6) is 1.29. The standard InChI is InChI=1S/C24H25N3O5S/c1-26-10-9-15-12-16-20(32-13-31-16)21(30-2)17(15)19(26)18-22(28)25-24(33)27(23(18)29)11-8-14-6-4-3-5-7-14/h3-7,12,19,29H,8-11,13H2,1-2H3,(H,25,28,33)/t19-/m0/s1. The summed E-state index contributed by atoms with van der Waals surface area (Å²) in [7, 11) is 3.54. The van der Waals surface area contributed by atoms with E-state index < -0.39 is 11.6 Å². The maximum atomic E-state index is 13.7. The Balaban J connectivity index is 1.64. The number of aromatic nitrogens is 2. The number of hydrogen-bond acceptors (Lipinski definition) is 6. The molecule has 172 valence electrons. The van der Waals surface area contributed by atoms with Crippen LogP contribution in [0.1, 0.15) is 28.3 Å². The summed E-state index contributed by atoms with van der Waals surface area (Å²) in [5.41, 5.74) is 2.57. The van der Waals surface area contributed by atoms with Crippen molar-refractivity contribution < 1.29 is 24.2 Å². The van der Waals surface area contributed by atoms with Gasteiger partial charge in [0, 0.05) is 13.0 Å². The molecule has 0 radical (unpaired) electrons. The van der Waals surface area contributed by atoms with E-state index in [-0.39, 0.29) is 23.0 Å². The zero-order valence-corrected chi connectivity index (χ0v) is 19.3. The van der Waals surface area contributed by atoms with Gasteiger partial charge in [-0.3, -0.25) is 9.78 Å². The molecular formula is C24H25N3O5S. The Morgan fingerprint density at radius 1 is 1.27 bits per heavy atom. The van der Waals surface area contributed by atoms with Crippen LogP contribution in [-0.4, -0.2) is 37.0 Å². The Labute approximate surface area is 196 Å². The molecule has 3 aromatic rings. The lowest BCUT2D eigenvalue weighted by Gasteiger charge is -2.35. The number of hydrogen-bond donors (Lipinski definition) is 2. The molecule has 0 saturated carbocycles. The maximum absolute atomic E-state index is 13.7. The number of aromatic amines is 1. The summed E-state index contributed by atoms with van der Waals surface area (Å²) >= 11 is 5.36. The Morgan fingerprint density at radius 3 is 2.82 bits per heavy atom. The highest BCUT2D eigenvalue weighted by atomic mass is 32.1. The van der Waals surface area contributed by atoms with Gasteiger partial charge in [0.1, 0.15) is 6.04 Å². The number of ether oxygens (including phenoxy) is 3. The van der Waals surface area contributed by atoms with E-state index in [1.807, 2.05) is 43.4 Å². The van der Waals surface area contributed by atoms with Gasteiger partial charge in [-0.2, -0.15) is 0 Å². The van der Waals surface area contributed by atoms with Gasteiger partial charge in [0.15, 0.2) is 16.3 Å². The van der Waals surface area contributed by atoms with E-state index in [0.29, 0.717) is 30.2 Å². The number of rotatable bonds is 5. The zero-order chi connectivity index (χ0) is 23.1. The van der Waals surface area contributed by atoms with Gasteiger partial charge in [-0.15, -0.1) is 0 Å². The van der Waals surface area contributed by atoms with E-state index in [2.05, 4.69) is 4.98 Å². The summed E-state index contributed by atoms with van der Waals surface area (Å²) in [6, 6.07) is 11.3. The van der Waals surface area contributed by atoms with Gasteiger partial charge in [-0.05, 0) is 41.7 Å². The highest BCUT2D eigenvalue weighted by molar-refractivity contribution is 7.71. The molecule has 0 aliphatic carbocycles. The minimum absolute atomic E-state index is 0.111. The van der Waals surface area contributed by atoms with Crippen LogP contribution in [0.5, 0.6) is 23.1 Å². The van der Waals surface area contributed by atoms with E-state index in [1.54, 1.807) is 7.11 Å². The molecule has 0 bridgehead atoms. The first-order valence-electron chi connectivity index (χ1n) is 10.9. The number of aryl methyl sites for hydroxylation is 1. The van der Waals surface area contributed by atoms with Gasteiger partial charge < -0.3 is 28.8 Å². The summed E-state index contributed by atoms with van der Waals surface area (Å²) in [5, 5.41) is 13.7. The number of nitrogens with zero attached hydrogens (tertiary/aromatic N) is 1. The Morgan fingerprint density at radius 2 is 2.06 bits per heavy atom. The Hall–Kier alpha value is -3.30. The zero-order valence-electron chi connectivity index (χ0n) is 18.5. The molecule has 2 aromatic carbocycles. The summed E-state index contributed by atoms with van der Waals surface area (Å²) in [6.45, 7) is 1.24. The fraction of sp³-hybridized carbons (Fsp3) is 0.333. The van der Waals surface area contributed by atoms with Crippen molar-refractivity contribution in [3.8, 4) is 23.1 Å². The number of likely N-dealkylation sites (N-methyl/N-ethyl adjacent to an activating group) is 1. The summed E-state index contributed by atoms with van der Waals surface area (Å²) in [6.07, 6.45) is 1.39. The SMILES string of the molecule is COc1c2c(cc3c1[C@@H](c1c([O-])n(CCc4ccccc4)c(=S)[nH]c1=O)[NH+](C)CC3)OCO2. The van der Waals surface area contributed by atoms with Crippen molar-refractivity contribution >= 4 is 12.2 Å². The number of methoxy groups -OCH3 is 1. The first-order chi connectivity index (χ1) is 16.0. The molecule has 1 unspecified atom stereocenters. The van der Waals surface area contributed by atoms with Gasteiger partial charge in [-0.1, -0.05) is 30.3 Å². The molecule has 2 atom stereocenters. The van der Waals surface area contributed by atoms with Crippen LogP contribution < -0.4 is 29.8 Å². The van der Waals surface area contributed by atoms with E-state index in [4.69, 9.17) is 26.4 Å². The predicted octanol–water partition coefficient (Wildman–Crippen LogP) is 1.12. The molecule has 9 heteroatoms. The molecular weight excluding hydrogens is 442 g/mol. The van der Waals surface area contributed by atoms with Crippen molar-refractivity contribution in [2.45, 2.75) is 25.4 Å². The Kier molecular flexibility index (Phi) is 5.59. The molecule has 8 nitrogen and oxygen atoms in total. The number of fused-ring (bicyclic) bond motifs is 2. The van der Waals surface area contributed by atoms with Gasteiger partial charge in [-0.25, -0.2) is 0 Å². The summed E-state index contributed by atoms with van der Waals surface area (Å²) < 4.78 is 18.6. The quantitative estimate of drug-likeness (QED) is 0.547. The maximum Gasteiger partial charge on any atom is 0.260 e. The molecule has 0 saturated heterocycles. The largest absolute Gasteiger partial charge is 0.859 e. The second-order valence-corrected chi connectivity index (χ2v) is 8.75. The molecule has 2 aliphatic rings. The lowest BCUT2D eigenvalue weighted by Crippen LogP contribution is -3.10. The van der Waals surface area contributed by atoms with E-state index in [1.165, 1.54) is 4.57 Å². The highest BCUT2D eigenvalue weighted by Gasteiger charge is 2.39. The average Bonchev–Trinajstić information content (AvgIpc) is 3.27. The topological polar surface area (TPSA) is 93.0 Å². The van der Waals surface area contributed by atoms with Crippen LogP contribution in [0.2, 0.25) is 0 Å². The van der Waals surface area contributed by atoms with Crippen LogP contribution in [0.25, 0.3) is 0 Å². The van der Waals surface area contributed by atoms with Crippen molar-refractivity contribution in [2.75, 3.05) is 27.5 Å². The lowest BCUT2D eigenvalue weighted by atomic mass is 9.87.